The summed E-state index contributed by atoms with van der Waals surface area (Å²) in [4.78, 5) is 4.42. The monoisotopic (exact) mass is 523 g/mol. The van der Waals surface area contributed by atoms with Gasteiger partial charge >= 0.3 is 17.6 Å². The molecule has 0 saturated heterocycles. The van der Waals surface area contributed by atoms with Crippen molar-refractivity contribution in [3.63, 3.8) is 0 Å². The fraction of sp³-hybridized carbons (Fsp3) is 1.00. The van der Waals surface area contributed by atoms with Crippen LogP contribution in [0.1, 0.15) is 12.8 Å². The third kappa shape index (κ3) is 13.2. The van der Waals surface area contributed by atoms with Gasteiger partial charge in [0.2, 0.25) is 0 Å². The molecule has 31 heavy (non-hydrogen) atoms. The number of aliphatic hydroxyl groups is 2. The van der Waals surface area contributed by atoms with Gasteiger partial charge in [0.15, 0.2) is 0 Å². The summed E-state index contributed by atoms with van der Waals surface area (Å²) in [6.07, 6.45) is 1.71. The second-order valence-electron chi connectivity index (χ2n) is 6.93. The van der Waals surface area contributed by atoms with Crippen molar-refractivity contribution in [1.82, 2.24) is 9.80 Å². The largest absolute Gasteiger partial charge is 0.500 e. The molecule has 1 radical (unpaired) electrons. The first kappa shape index (κ1) is 33.8. The minimum Gasteiger partial charge on any atom is -0.395 e. The molecule has 0 bridgehead atoms. The molecule has 0 amide bonds. The maximum absolute atomic E-state index is 9.42. The molecule has 2 N–H and O–H groups in total. The Morgan fingerprint density at radius 3 is 1.03 bits per heavy atom. The van der Waals surface area contributed by atoms with Crippen LogP contribution in [0.4, 0.5) is 0 Å². The normalized spacial score (nSPS) is 12.6. The molecule has 0 saturated carbocycles. The molecule has 0 spiro atoms. The SMILES string of the molecule is CO[Si](CCCN(CCO)CCN(CCO)CCC[Si](OC)(OC)OC)(OC)OC.[V]. The van der Waals surface area contributed by atoms with Gasteiger partial charge in [0.25, 0.3) is 0 Å². The molecule has 0 aromatic rings. The quantitative estimate of drug-likeness (QED) is 0.202. The topological polar surface area (TPSA) is 102 Å². The smallest absolute Gasteiger partial charge is 0.395 e. The van der Waals surface area contributed by atoms with Crippen LogP contribution in [0, 0.1) is 0 Å². The standard InChI is InChI=1S/C18H44N2O8Si2.V/c1-23-29(24-2,25-3)17-7-9-19(13-15-21)11-12-20(14-16-22)10-8-18-30(26-4,27-5)28-6;/h21-22H,7-18H2,1-6H3;. The molecule has 0 unspecified atom stereocenters. The number of aliphatic hydroxyl groups excluding tert-OH is 2. The Bertz CT molecular complexity index is 358. The summed E-state index contributed by atoms with van der Waals surface area (Å²) in [6, 6.07) is 1.44. The molecule has 0 rings (SSSR count). The van der Waals surface area contributed by atoms with E-state index in [1.165, 1.54) is 0 Å². The van der Waals surface area contributed by atoms with E-state index in [-0.39, 0.29) is 31.8 Å². The van der Waals surface area contributed by atoms with Crippen LogP contribution in [-0.4, -0.2) is 133 Å². The number of hydrogen-bond acceptors (Lipinski definition) is 10. The minimum atomic E-state index is -2.58. The zero-order valence-corrected chi connectivity index (χ0v) is 23.6. The summed E-state index contributed by atoms with van der Waals surface area (Å²) in [5.41, 5.74) is 0. The van der Waals surface area contributed by atoms with Gasteiger partial charge in [-0.25, -0.2) is 0 Å². The van der Waals surface area contributed by atoms with Crippen LogP contribution >= 0.6 is 0 Å². The summed E-state index contributed by atoms with van der Waals surface area (Å²) in [5, 5.41) is 18.8. The van der Waals surface area contributed by atoms with Crippen molar-refractivity contribution in [1.29, 1.82) is 0 Å². The van der Waals surface area contributed by atoms with Crippen molar-refractivity contribution in [2.24, 2.45) is 0 Å². The summed E-state index contributed by atoms with van der Waals surface area (Å²) < 4.78 is 32.8. The van der Waals surface area contributed by atoms with Gasteiger partial charge in [-0.1, -0.05) is 0 Å². The van der Waals surface area contributed by atoms with Crippen LogP contribution in [0.5, 0.6) is 0 Å². The molecule has 0 heterocycles. The second kappa shape index (κ2) is 20.0. The Morgan fingerprint density at radius 2 is 0.806 bits per heavy atom. The predicted octanol–water partition coefficient (Wildman–Crippen LogP) is 0.109. The van der Waals surface area contributed by atoms with E-state index < -0.39 is 17.6 Å². The van der Waals surface area contributed by atoms with Gasteiger partial charge in [-0.15, -0.1) is 0 Å². The fourth-order valence-electron chi connectivity index (χ4n) is 3.39. The Labute approximate surface area is 202 Å². The molecule has 0 atom stereocenters. The van der Waals surface area contributed by atoms with Crippen molar-refractivity contribution < 1.29 is 55.3 Å². The number of rotatable bonds is 21. The molecule has 10 nitrogen and oxygen atoms in total. The fourth-order valence-corrected chi connectivity index (χ4v) is 6.79. The van der Waals surface area contributed by atoms with Crippen molar-refractivity contribution in [2.75, 3.05) is 95.1 Å². The van der Waals surface area contributed by atoms with Crippen molar-refractivity contribution in [2.45, 2.75) is 24.9 Å². The number of hydrogen-bond donors (Lipinski definition) is 2. The van der Waals surface area contributed by atoms with Crippen LogP contribution in [0.3, 0.4) is 0 Å². The Balaban J connectivity index is 0. The van der Waals surface area contributed by atoms with Gasteiger partial charge in [-0.2, -0.15) is 0 Å². The van der Waals surface area contributed by atoms with Crippen LogP contribution in [-0.2, 0) is 45.1 Å². The molecular formula is C18H44N2O8Si2V. The van der Waals surface area contributed by atoms with Crippen molar-refractivity contribution >= 4 is 17.6 Å². The summed E-state index contributed by atoms with van der Waals surface area (Å²) >= 11 is 0. The summed E-state index contributed by atoms with van der Waals surface area (Å²) in [7, 11) is 4.55. The molecule has 187 valence electrons. The van der Waals surface area contributed by atoms with Crippen LogP contribution in [0.25, 0.3) is 0 Å². The molecule has 0 fully saturated rings. The minimum absolute atomic E-state index is 0. The van der Waals surface area contributed by atoms with Crippen molar-refractivity contribution in [3.8, 4) is 0 Å². The average Bonchev–Trinajstić information content (AvgIpc) is 2.78. The summed E-state index contributed by atoms with van der Waals surface area (Å²) in [6.45, 7) is 4.61. The Kier molecular flexibility index (Phi) is 21.8. The van der Waals surface area contributed by atoms with E-state index in [4.69, 9.17) is 26.6 Å². The zero-order valence-electron chi connectivity index (χ0n) is 20.2. The molecule has 13 heteroatoms. The van der Waals surface area contributed by atoms with E-state index >= 15 is 0 Å². The first-order chi connectivity index (χ1) is 14.4. The van der Waals surface area contributed by atoms with E-state index in [2.05, 4.69) is 9.80 Å². The third-order valence-corrected chi connectivity index (χ3v) is 11.0. The maximum atomic E-state index is 9.42. The van der Waals surface area contributed by atoms with Gasteiger partial charge in [-0.05, 0) is 25.9 Å². The zero-order chi connectivity index (χ0) is 22.9. The first-order valence-corrected chi connectivity index (χ1v) is 14.3. The van der Waals surface area contributed by atoms with Gasteiger partial charge in [0, 0.05) is 99.5 Å². The van der Waals surface area contributed by atoms with Gasteiger partial charge in [0.1, 0.15) is 0 Å². The van der Waals surface area contributed by atoms with E-state index in [0.29, 0.717) is 13.1 Å². The van der Waals surface area contributed by atoms with E-state index in [9.17, 15) is 10.2 Å². The molecular weight excluding hydrogens is 479 g/mol. The Morgan fingerprint density at radius 1 is 0.516 bits per heavy atom. The molecule has 0 aliphatic heterocycles. The molecule has 0 aliphatic rings. The average molecular weight is 524 g/mol. The van der Waals surface area contributed by atoms with Crippen molar-refractivity contribution in [3.05, 3.63) is 0 Å². The number of nitrogens with zero attached hydrogens (tertiary/aromatic N) is 2. The van der Waals surface area contributed by atoms with Gasteiger partial charge < -0.3 is 36.8 Å². The summed E-state index contributed by atoms with van der Waals surface area (Å²) in [5.74, 6) is 0. The Hall–Kier alpha value is 0.618. The third-order valence-electron chi connectivity index (χ3n) is 5.35. The predicted molar refractivity (Wildman–Crippen MR) is 119 cm³/mol. The van der Waals surface area contributed by atoms with Crippen LogP contribution in [0.15, 0.2) is 0 Å². The van der Waals surface area contributed by atoms with Crippen LogP contribution < -0.4 is 0 Å². The van der Waals surface area contributed by atoms with Crippen LogP contribution in [0.2, 0.25) is 12.1 Å². The molecule has 0 aliphatic carbocycles. The van der Waals surface area contributed by atoms with E-state index in [1.54, 1.807) is 42.7 Å². The van der Waals surface area contributed by atoms with E-state index in [1.807, 2.05) is 0 Å². The molecule has 0 aromatic carbocycles. The van der Waals surface area contributed by atoms with Gasteiger partial charge in [0.05, 0.1) is 13.2 Å². The first-order valence-electron chi connectivity index (χ1n) is 10.4. The maximum Gasteiger partial charge on any atom is 0.500 e. The molecule has 0 aromatic heterocycles. The second-order valence-corrected chi connectivity index (χ2v) is 13.1. The van der Waals surface area contributed by atoms with E-state index in [0.717, 1.165) is 51.1 Å². The van der Waals surface area contributed by atoms with Gasteiger partial charge in [-0.3, -0.25) is 9.80 Å².